The molecule has 2 aromatic carbocycles. The summed E-state index contributed by atoms with van der Waals surface area (Å²) in [7, 11) is 0. The first kappa shape index (κ1) is 20.1. The van der Waals surface area contributed by atoms with E-state index < -0.39 is 0 Å². The van der Waals surface area contributed by atoms with E-state index in [0.717, 1.165) is 43.6 Å². The van der Waals surface area contributed by atoms with E-state index in [1.165, 1.54) is 12.1 Å². The minimum absolute atomic E-state index is 0.0586. The number of rotatable bonds is 6. The zero-order valence-electron chi connectivity index (χ0n) is 15.1. The van der Waals surface area contributed by atoms with Crippen LogP contribution in [0.3, 0.4) is 0 Å². The third-order valence-corrected chi connectivity index (χ3v) is 5.71. The number of likely N-dealkylation sites (tertiary alicyclic amines) is 1. The fourth-order valence-electron chi connectivity index (χ4n) is 3.37. The summed E-state index contributed by atoms with van der Waals surface area (Å²) in [6, 6.07) is 12.1. The van der Waals surface area contributed by atoms with Crippen molar-refractivity contribution in [1.82, 2.24) is 10.2 Å². The Kier molecular flexibility index (Phi) is 7.11. The van der Waals surface area contributed by atoms with E-state index in [0.29, 0.717) is 23.0 Å². The molecule has 0 atom stereocenters. The number of benzene rings is 2. The van der Waals surface area contributed by atoms with E-state index in [2.05, 4.69) is 10.2 Å². The fraction of sp³-hybridized carbons (Fsp3) is 0.381. The summed E-state index contributed by atoms with van der Waals surface area (Å²) in [5.74, 6) is -0.0648. The summed E-state index contributed by atoms with van der Waals surface area (Å²) in [5.41, 5.74) is 2.15. The van der Waals surface area contributed by atoms with Crippen molar-refractivity contribution in [2.24, 2.45) is 5.92 Å². The Morgan fingerprint density at radius 1 is 1.04 bits per heavy atom. The molecule has 1 fully saturated rings. The van der Waals surface area contributed by atoms with Crippen LogP contribution in [0.2, 0.25) is 10.0 Å². The average molecular weight is 409 g/mol. The van der Waals surface area contributed by atoms with Crippen LogP contribution in [0, 0.1) is 11.7 Å². The Balaban J connectivity index is 1.39. The molecule has 0 bridgehead atoms. The molecule has 3 nitrogen and oxygen atoms in total. The van der Waals surface area contributed by atoms with Crippen LogP contribution >= 0.6 is 23.2 Å². The minimum atomic E-state index is -0.240. The van der Waals surface area contributed by atoms with Crippen molar-refractivity contribution < 1.29 is 9.18 Å². The molecule has 1 N–H and O–H groups in total. The first-order chi connectivity index (χ1) is 13.0. The number of carbonyl (C=O) groups excluding carboxylic acids is 1. The van der Waals surface area contributed by atoms with Crippen molar-refractivity contribution in [3.05, 3.63) is 69.5 Å². The molecule has 0 aromatic heterocycles. The number of nitrogens with one attached hydrogen (secondary N) is 1. The smallest absolute Gasteiger partial charge is 0.223 e. The number of carbonyl (C=O) groups is 1. The van der Waals surface area contributed by atoms with E-state index in [-0.39, 0.29) is 17.6 Å². The summed E-state index contributed by atoms with van der Waals surface area (Å²) in [6.45, 7) is 3.16. The predicted octanol–water partition coefficient (Wildman–Crippen LogP) is 4.70. The van der Waals surface area contributed by atoms with E-state index in [4.69, 9.17) is 23.2 Å². The third kappa shape index (κ3) is 5.93. The lowest BCUT2D eigenvalue weighted by Gasteiger charge is -2.31. The normalized spacial score (nSPS) is 15.7. The van der Waals surface area contributed by atoms with Crippen LogP contribution in [0.4, 0.5) is 4.39 Å². The van der Waals surface area contributed by atoms with Gasteiger partial charge < -0.3 is 5.32 Å². The lowest BCUT2D eigenvalue weighted by Crippen LogP contribution is -2.40. The van der Waals surface area contributed by atoms with Crippen LogP contribution in [-0.2, 0) is 17.8 Å². The molecular weight excluding hydrogens is 386 g/mol. The molecule has 1 amide bonds. The molecule has 0 radical (unpaired) electrons. The second-order valence-electron chi connectivity index (χ2n) is 6.97. The van der Waals surface area contributed by atoms with E-state index >= 15 is 0 Å². The van der Waals surface area contributed by atoms with Gasteiger partial charge >= 0.3 is 0 Å². The maximum Gasteiger partial charge on any atom is 0.223 e. The van der Waals surface area contributed by atoms with Crippen molar-refractivity contribution in [2.45, 2.75) is 25.8 Å². The Morgan fingerprint density at radius 3 is 2.37 bits per heavy atom. The van der Waals surface area contributed by atoms with Gasteiger partial charge in [0.2, 0.25) is 5.91 Å². The quantitative estimate of drug-likeness (QED) is 0.750. The molecule has 27 heavy (non-hydrogen) atoms. The van der Waals surface area contributed by atoms with Gasteiger partial charge in [0.05, 0.1) is 10.0 Å². The zero-order valence-corrected chi connectivity index (χ0v) is 16.6. The van der Waals surface area contributed by atoms with E-state index in [1.54, 1.807) is 12.1 Å². The molecule has 0 unspecified atom stereocenters. The highest BCUT2D eigenvalue weighted by Gasteiger charge is 2.24. The molecule has 0 aliphatic carbocycles. The Labute approximate surface area is 169 Å². The van der Waals surface area contributed by atoms with Gasteiger partial charge in [0, 0.05) is 19.0 Å². The first-order valence-electron chi connectivity index (χ1n) is 9.19. The first-order valence-corrected chi connectivity index (χ1v) is 9.95. The van der Waals surface area contributed by atoms with Gasteiger partial charge in [0.15, 0.2) is 0 Å². The molecule has 1 aliphatic rings. The Morgan fingerprint density at radius 2 is 1.70 bits per heavy atom. The lowest BCUT2D eigenvalue weighted by atomic mass is 9.95. The molecular formula is C21H23Cl2FN2O. The topological polar surface area (TPSA) is 32.3 Å². The number of piperidine rings is 1. The second-order valence-corrected chi connectivity index (χ2v) is 7.78. The maximum atomic E-state index is 12.9. The molecule has 144 valence electrons. The van der Waals surface area contributed by atoms with Crippen molar-refractivity contribution in [3.63, 3.8) is 0 Å². The van der Waals surface area contributed by atoms with Crippen LogP contribution in [0.25, 0.3) is 0 Å². The number of hydrogen-bond acceptors (Lipinski definition) is 2. The van der Waals surface area contributed by atoms with Crippen molar-refractivity contribution in [3.8, 4) is 0 Å². The van der Waals surface area contributed by atoms with Crippen LogP contribution in [-0.4, -0.2) is 30.4 Å². The minimum Gasteiger partial charge on any atom is -0.356 e. The molecule has 6 heteroatoms. The SMILES string of the molecule is O=C(NCCc1ccc(F)cc1)C1CCN(Cc2ccc(Cl)c(Cl)c2)CC1. The van der Waals surface area contributed by atoms with Crippen molar-refractivity contribution in [2.75, 3.05) is 19.6 Å². The molecule has 3 rings (SSSR count). The average Bonchev–Trinajstić information content (AvgIpc) is 2.67. The van der Waals surface area contributed by atoms with Gasteiger partial charge in [0.1, 0.15) is 5.82 Å². The molecule has 2 aromatic rings. The highest BCUT2D eigenvalue weighted by atomic mass is 35.5. The van der Waals surface area contributed by atoms with Crippen molar-refractivity contribution in [1.29, 1.82) is 0 Å². The monoisotopic (exact) mass is 408 g/mol. The van der Waals surface area contributed by atoms with Gasteiger partial charge in [-0.25, -0.2) is 4.39 Å². The van der Waals surface area contributed by atoms with Gasteiger partial charge in [-0.15, -0.1) is 0 Å². The van der Waals surface area contributed by atoms with Gasteiger partial charge in [0.25, 0.3) is 0 Å². The molecule has 0 spiro atoms. The van der Waals surface area contributed by atoms with Crippen LogP contribution in [0.5, 0.6) is 0 Å². The third-order valence-electron chi connectivity index (χ3n) is 4.97. The Bertz CT molecular complexity index is 774. The highest BCUT2D eigenvalue weighted by molar-refractivity contribution is 6.42. The summed E-state index contributed by atoms with van der Waals surface area (Å²) in [5, 5.41) is 4.15. The summed E-state index contributed by atoms with van der Waals surface area (Å²) in [4.78, 5) is 14.7. The number of nitrogens with zero attached hydrogens (tertiary/aromatic N) is 1. The van der Waals surface area contributed by atoms with Gasteiger partial charge in [-0.3, -0.25) is 9.69 Å². The van der Waals surface area contributed by atoms with Crippen molar-refractivity contribution >= 4 is 29.1 Å². The summed E-state index contributed by atoms with van der Waals surface area (Å²) in [6.07, 6.45) is 2.41. The van der Waals surface area contributed by atoms with Gasteiger partial charge in [-0.2, -0.15) is 0 Å². The standard InChI is InChI=1S/C21H23Cl2FN2O/c22-19-6-3-16(13-20(19)23)14-26-11-8-17(9-12-26)21(27)25-10-7-15-1-4-18(24)5-2-15/h1-6,13,17H,7-12,14H2,(H,25,27). The predicted molar refractivity (Wildman–Crippen MR) is 108 cm³/mol. The van der Waals surface area contributed by atoms with Crippen LogP contribution < -0.4 is 5.32 Å². The molecule has 1 heterocycles. The van der Waals surface area contributed by atoms with Crippen LogP contribution in [0.15, 0.2) is 42.5 Å². The summed E-state index contributed by atoms with van der Waals surface area (Å²) >= 11 is 12.0. The van der Waals surface area contributed by atoms with Gasteiger partial charge in [-0.05, 0) is 67.7 Å². The largest absolute Gasteiger partial charge is 0.356 e. The van der Waals surface area contributed by atoms with E-state index in [1.807, 2.05) is 18.2 Å². The molecule has 1 aliphatic heterocycles. The molecule has 0 saturated carbocycles. The lowest BCUT2D eigenvalue weighted by molar-refractivity contribution is -0.126. The van der Waals surface area contributed by atoms with Crippen LogP contribution in [0.1, 0.15) is 24.0 Å². The zero-order chi connectivity index (χ0) is 19.2. The van der Waals surface area contributed by atoms with Gasteiger partial charge in [-0.1, -0.05) is 41.4 Å². The number of amides is 1. The fourth-order valence-corrected chi connectivity index (χ4v) is 3.70. The van der Waals surface area contributed by atoms with E-state index in [9.17, 15) is 9.18 Å². The molecule has 1 saturated heterocycles. The summed E-state index contributed by atoms with van der Waals surface area (Å²) < 4.78 is 12.9. The second kappa shape index (κ2) is 9.54. The number of hydrogen-bond donors (Lipinski definition) is 1. The Hall–Kier alpha value is -1.62. The maximum absolute atomic E-state index is 12.9. The highest BCUT2D eigenvalue weighted by Crippen LogP contribution is 2.25. The number of halogens is 3.